The molecule has 2 aromatic carbocycles. The van der Waals surface area contributed by atoms with Crippen molar-refractivity contribution in [3.05, 3.63) is 75.3 Å². The van der Waals surface area contributed by atoms with Gasteiger partial charge in [-0.15, -0.1) is 0 Å². The number of hydrogen-bond donors (Lipinski definition) is 1. The van der Waals surface area contributed by atoms with E-state index in [2.05, 4.69) is 10.1 Å². The number of ether oxygens (including phenoxy) is 1. The van der Waals surface area contributed by atoms with E-state index in [-0.39, 0.29) is 31.2 Å². The number of alkyl halides is 3. The Labute approximate surface area is 153 Å². The monoisotopic (exact) mass is 382 g/mol. The van der Waals surface area contributed by atoms with Crippen LogP contribution in [0.2, 0.25) is 0 Å². The molecule has 0 bridgehead atoms. The maximum absolute atomic E-state index is 12.0. The van der Waals surface area contributed by atoms with E-state index in [1.54, 1.807) is 24.3 Å². The standard InChI is InChI=1S/C18H17F3N2O4/c19-18(20,21)12-27-11-15-3-1-14(2-4-15)10-22-17(24)9-13-5-7-16(8-6-13)23(25)26/h1-8H,9-12H2,(H,22,24). The molecular weight excluding hydrogens is 365 g/mol. The molecule has 0 atom stereocenters. The maximum atomic E-state index is 12.0. The molecule has 0 spiro atoms. The van der Waals surface area contributed by atoms with Crippen LogP contribution in [0.25, 0.3) is 0 Å². The summed E-state index contributed by atoms with van der Waals surface area (Å²) in [6.07, 6.45) is -4.27. The second-order valence-electron chi connectivity index (χ2n) is 5.80. The van der Waals surface area contributed by atoms with Gasteiger partial charge in [0.2, 0.25) is 5.91 Å². The fourth-order valence-corrected chi connectivity index (χ4v) is 2.22. The van der Waals surface area contributed by atoms with Gasteiger partial charge < -0.3 is 10.1 Å². The molecule has 1 amide bonds. The molecule has 0 saturated carbocycles. The SMILES string of the molecule is O=C(Cc1ccc([N+](=O)[O-])cc1)NCc1ccc(COCC(F)(F)F)cc1. The summed E-state index contributed by atoms with van der Waals surface area (Å²) in [4.78, 5) is 22.0. The third-order valence-electron chi connectivity index (χ3n) is 3.56. The fraction of sp³-hybridized carbons (Fsp3) is 0.278. The Morgan fingerprint density at radius 3 is 2.11 bits per heavy atom. The Bertz CT molecular complexity index is 775. The number of nitro benzene ring substituents is 1. The predicted octanol–water partition coefficient (Wildman–Crippen LogP) is 3.53. The van der Waals surface area contributed by atoms with Gasteiger partial charge in [0.05, 0.1) is 18.0 Å². The molecule has 0 radical (unpaired) electrons. The first kappa shape index (κ1) is 20.4. The van der Waals surface area contributed by atoms with E-state index in [4.69, 9.17) is 0 Å². The molecule has 0 unspecified atom stereocenters. The van der Waals surface area contributed by atoms with Crippen molar-refractivity contribution < 1.29 is 27.6 Å². The number of non-ortho nitro benzene ring substituents is 1. The van der Waals surface area contributed by atoms with Gasteiger partial charge in [-0.05, 0) is 16.7 Å². The van der Waals surface area contributed by atoms with Gasteiger partial charge in [-0.2, -0.15) is 13.2 Å². The van der Waals surface area contributed by atoms with Crippen LogP contribution in [-0.4, -0.2) is 23.6 Å². The number of benzene rings is 2. The molecule has 6 nitrogen and oxygen atoms in total. The first-order valence-corrected chi connectivity index (χ1v) is 7.95. The van der Waals surface area contributed by atoms with Crippen molar-refractivity contribution in [2.24, 2.45) is 0 Å². The van der Waals surface area contributed by atoms with Crippen LogP contribution in [0, 0.1) is 10.1 Å². The molecular formula is C18H17F3N2O4. The van der Waals surface area contributed by atoms with Crippen molar-refractivity contribution in [2.45, 2.75) is 25.7 Å². The molecule has 144 valence electrons. The molecule has 0 aliphatic heterocycles. The van der Waals surface area contributed by atoms with E-state index < -0.39 is 17.7 Å². The van der Waals surface area contributed by atoms with Crippen molar-refractivity contribution >= 4 is 11.6 Å². The number of nitrogens with zero attached hydrogens (tertiary/aromatic N) is 1. The first-order valence-electron chi connectivity index (χ1n) is 7.95. The Hall–Kier alpha value is -2.94. The minimum Gasteiger partial charge on any atom is -0.367 e. The van der Waals surface area contributed by atoms with Crippen molar-refractivity contribution in [3.63, 3.8) is 0 Å². The second kappa shape index (κ2) is 9.13. The molecule has 27 heavy (non-hydrogen) atoms. The van der Waals surface area contributed by atoms with Crippen LogP contribution in [-0.2, 0) is 29.1 Å². The van der Waals surface area contributed by atoms with Crippen LogP contribution in [0.5, 0.6) is 0 Å². The van der Waals surface area contributed by atoms with Crippen LogP contribution >= 0.6 is 0 Å². The molecule has 0 saturated heterocycles. The molecule has 1 N–H and O–H groups in total. The van der Waals surface area contributed by atoms with Crippen LogP contribution in [0.3, 0.4) is 0 Å². The lowest BCUT2D eigenvalue weighted by molar-refractivity contribution is -0.384. The molecule has 2 rings (SSSR count). The molecule has 2 aromatic rings. The van der Waals surface area contributed by atoms with Gasteiger partial charge in [0.1, 0.15) is 6.61 Å². The number of nitro groups is 1. The van der Waals surface area contributed by atoms with E-state index in [1.807, 2.05) is 0 Å². The van der Waals surface area contributed by atoms with Crippen molar-refractivity contribution in [1.29, 1.82) is 0 Å². The Kier molecular flexibility index (Phi) is 6.89. The zero-order chi connectivity index (χ0) is 19.9. The summed E-state index contributed by atoms with van der Waals surface area (Å²) in [5, 5.41) is 13.3. The summed E-state index contributed by atoms with van der Waals surface area (Å²) < 4.78 is 40.6. The lowest BCUT2D eigenvalue weighted by atomic mass is 10.1. The van der Waals surface area contributed by atoms with E-state index in [0.717, 1.165) is 5.56 Å². The van der Waals surface area contributed by atoms with Gasteiger partial charge in [0, 0.05) is 18.7 Å². The number of halogens is 3. The zero-order valence-electron chi connectivity index (χ0n) is 14.2. The summed E-state index contributed by atoms with van der Waals surface area (Å²) in [7, 11) is 0. The number of carbonyl (C=O) groups is 1. The van der Waals surface area contributed by atoms with E-state index in [1.165, 1.54) is 24.3 Å². The topological polar surface area (TPSA) is 81.5 Å². The van der Waals surface area contributed by atoms with Crippen molar-refractivity contribution in [1.82, 2.24) is 5.32 Å². The number of rotatable bonds is 8. The molecule has 0 heterocycles. The smallest absolute Gasteiger partial charge is 0.367 e. The highest BCUT2D eigenvalue weighted by molar-refractivity contribution is 5.78. The summed E-state index contributed by atoms with van der Waals surface area (Å²) >= 11 is 0. The quantitative estimate of drug-likeness (QED) is 0.559. The maximum Gasteiger partial charge on any atom is 0.411 e. The third kappa shape index (κ3) is 7.45. The zero-order valence-corrected chi connectivity index (χ0v) is 14.2. The van der Waals surface area contributed by atoms with E-state index >= 15 is 0 Å². The number of amides is 1. The van der Waals surface area contributed by atoms with Gasteiger partial charge >= 0.3 is 6.18 Å². The molecule has 9 heteroatoms. The molecule has 0 fully saturated rings. The summed E-state index contributed by atoms with van der Waals surface area (Å²) in [6, 6.07) is 12.4. The lowest BCUT2D eigenvalue weighted by Crippen LogP contribution is -2.24. The van der Waals surface area contributed by atoms with Crippen molar-refractivity contribution in [3.8, 4) is 0 Å². The normalized spacial score (nSPS) is 11.2. The number of carbonyl (C=O) groups excluding carboxylic acids is 1. The number of nitrogens with one attached hydrogen (secondary N) is 1. The van der Waals surface area contributed by atoms with Gasteiger partial charge in [-0.3, -0.25) is 14.9 Å². The average Bonchev–Trinajstić information content (AvgIpc) is 2.60. The lowest BCUT2D eigenvalue weighted by Gasteiger charge is -2.09. The van der Waals surface area contributed by atoms with E-state index in [9.17, 15) is 28.1 Å². The number of hydrogen-bond acceptors (Lipinski definition) is 4. The predicted molar refractivity (Wildman–Crippen MR) is 90.8 cm³/mol. The van der Waals surface area contributed by atoms with Crippen molar-refractivity contribution in [2.75, 3.05) is 6.61 Å². The van der Waals surface area contributed by atoms with Crippen LogP contribution in [0.15, 0.2) is 48.5 Å². The van der Waals surface area contributed by atoms with Crippen LogP contribution in [0.1, 0.15) is 16.7 Å². The summed E-state index contributed by atoms with van der Waals surface area (Å²) in [5.41, 5.74) is 1.99. The fourth-order valence-electron chi connectivity index (χ4n) is 2.22. The minimum absolute atomic E-state index is 0.0431. The largest absolute Gasteiger partial charge is 0.411 e. The first-order chi connectivity index (χ1) is 12.7. The summed E-state index contributed by atoms with van der Waals surface area (Å²) in [5.74, 6) is -0.249. The van der Waals surface area contributed by atoms with Crippen LogP contribution < -0.4 is 5.32 Å². The molecule has 0 aliphatic carbocycles. The van der Waals surface area contributed by atoms with Gasteiger partial charge in [0.15, 0.2) is 0 Å². The second-order valence-corrected chi connectivity index (χ2v) is 5.80. The molecule has 0 aromatic heterocycles. The average molecular weight is 382 g/mol. The molecule has 0 aliphatic rings. The van der Waals surface area contributed by atoms with Gasteiger partial charge in [-0.25, -0.2) is 0 Å². The van der Waals surface area contributed by atoms with Crippen LogP contribution in [0.4, 0.5) is 18.9 Å². The third-order valence-corrected chi connectivity index (χ3v) is 3.56. The van der Waals surface area contributed by atoms with E-state index in [0.29, 0.717) is 11.1 Å². The van der Waals surface area contributed by atoms with Gasteiger partial charge in [0.25, 0.3) is 5.69 Å². The minimum atomic E-state index is -4.35. The highest BCUT2D eigenvalue weighted by Crippen LogP contribution is 2.16. The van der Waals surface area contributed by atoms with Gasteiger partial charge in [-0.1, -0.05) is 36.4 Å². The Balaban J connectivity index is 1.77. The summed E-state index contributed by atoms with van der Waals surface area (Å²) in [6.45, 7) is -1.19. The Morgan fingerprint density at radius 2 is 1.56 bits per heavy atom. The highest BCUT2D eigenvalue weighted by atomic mass is 19.4. The highest BCUT2D eigenvalue weighted by Gasteiger charge is 2.27. The Morgan fingerprint density at radius 1 is 1.00 bits per heavy atom.